The van der Waals surface area contributed by atoms with Crippen molar-refractivity contribution in [3.05, 3.63) is 28.5 Å². The van der Waals surface area contributed by atoms with E-state index in [1.807, 2.05) is 12.1 Å². The van der Waals surface area contributed by atoms with Gasteiger partial charge in [0.15, 0.2) is 0 Å². The zero-order chi connectivity index (χ0) is 13.7. The number of rotatable bonds is 7. The first-order valence-electron chi connectivity index (χ1n) is 6.54. The molecule has 104 valence electrons. The van der Waals surface area contributed by atoms with Crippen LogP contribution in [0.2, 0.25) is 0 Å². The van der Waals surface area contributed by atoms with Gasteiger partial charge in [-0.1, -0.05) is 29.3 Å². The lowest BCUT2D eigenvalue weighted by Crippen LogP contribution is -2.09. The second-order valence-corrected chi connectivity index (χ2v) is 5.60. The third kappa shape index (κ3) is 3.71. The Morgan fingerprint density at radius 1 is 1.37 bits per heavy atom. The third-order valence-corrected chi connectivity index (χ3v) is 3.74. The molecule has 0 fully saturated rings. The molecule has 3 nitrogen and oxygen atoms in total. The van der Waals surface area contributed by atoms with Crippen molar-refractivity contribution in [2.45, 2.75) is 32.2 Å². The lowest BCUT2D eigenvalue weighted by Gasteiger charge is -2.08. The molecule has 19 heavy (non-hydrogen) atoms. The van der Waals surface area contributed by atoms with Gasteiger partial charge in [0.05, 0.1) is 23.5 Å². The van der Waals surface area contributed by atoms with Gasteiger partial charge >= 0.3 is 0 Å². The predicted octanol–water partition coefficient (Wildman–Crippen LogP) is 4.35. The molecule has 0 amide bonds. The topological polar surface area (TPSA) is 27.1 Å². The van der Waals surface area contributed by atoms with E-state index in [0.29, 0.717) is 12.5 Å². The molecule has 5 heteroatoms. The van der Waals surface area contributed by atoms with E-state index in [0.717, 1.165) is 47.3 Å². The molecule has 0 spiro atoms. The van der Waals surface area contributed by atoms with Gasteiger partial charge in [-0.2, -0.15) is 0 Å². The highest BCUT2D eigenvalue weighted by molar-refractivity contribution is 9.10. The van der Waals surface area contributed by atoms with Gasteiger partial charge in [0.25, 0.3) is 0 Å². The van der Waals surface area contributed by atoms with E-state index in [2.05, 4.69) is 38.5 Å². The summed E-state index contributed by atoms with van der Waals surface area (Å²) in [5, 5.41) is 0. The minimum absolute atomic E-state index is 0.418. The maximum absolute atomic E-state index is 5.97. The molecule has 0 atom stereocenters. The first kappa shape index (κ1) is 14.8. The first-order valence-corrected chi connectivity index (χ1v) is 7.87. The van der Waals surface area contributed by atoms with Crippen molar-refractivity contribution in [3.8, 4) is 0 Å². The summed E-state index contributed by atoms with van der Waals surface area (Å²) in [6.45, 7) is 4.47. The Morgan fingerprint density at radius 2 is 2.21 bits per heavy atom. The summed E-state index contributed by atoms with van der Waals surface area (Å²) in [5.41, 5.74) is 2.08. The van der Waals surface area contributed by atoms with Crippen LogP contribution in [0, 0.1) is 0 Å². The highest BCUT2D eigenvalue weighted by Crippen LogP contribution is 2.22. The lowest BCUT2D eigenvalue weighted by atomic mass is 10.3. The number of unbranched alkanes of at least 4 members (excludes halogenated alkanes) is 1. The van der Waals surface area contributed by atoms with Crippen LogP contribution in [0.5, 0.6) is 0 Å². The molecule has 0 unspecified atom stereocenters. The number of hydrogen-bond donors (Lipinski definition) is 0. The largest absolute Gasteiger partial charge is 0.380 e. The normalized spacial score (nSPS) is 11.3. The molecule has 1 aromatic heterocycles. The molecule has 0 N–H and O–H groups in total. The molecule has 0 saturated heterocycles. The average Bonchev–Trinajstić information content (AvgIpc) is 2.76. The maximum atomic E-state index is 5.97. The second-order valence-electron chi connectivity index (χ2n) is 4.41. The number of halogens is 2. The van der Waals surface area contributed by atoms with Crippen LogP contribution in [0.1, 0.15) is 25.6 Å². The number of alkyl halides is 1. The molecule has 0 radical (unpaired) electrons. The highest BCUT2D eigenvalue weighted by atomic mass is 79.9. The van der Waals surface area contributed by atoms with Gasteiger partial charge in [0.2, 0.25) is 0 Å². The summed E-state index contributed by atoms with van der Waals surface area (Å²) in [6.07, 6.45) is 2.27. The quantitative estimate of drug-likeness (QED) is 0.551. The van der Waals surface area contributed by atoms with Crippen molar-refractivity contribution in [2.75, 3.05) is 13.2 Å². The minimum Gasteiger partial charge on any atom is -0.380 e. The Labute approximate surface area is 127 Å². The van der Waals surface area contributed by atoms with Crippen LogP contribution in [0.15, 0.2) is 22.7 Å². The Kier molecular flexibility index (Phi) is 5.67. The molecule has 0 aliphatic rings. The molecule has 1 aromatic carbocycles. The number of hydrogen-bond acceptors (Lipinski definition) is 2. The minimum atomic E-state index is 0.418. The number of fused-ring (bicyclic) bond motifs is 1. The van der Waals surface area contributed by atoms with Crippen molar-refractivity contribution in [1.82, 2.24) is 9.55 Å². The monoisotopic (exact) mass is 344 g/mol. The zero-order valence-electron chi connectivity index (χ0n) is 11.0. The van der Waals surface area contributed by atoms with Crippen molar-refractivity contribution in [3.63, 3.8) is 0 Å². The first-order chi connectivity index (χ1) is 9.26. The number of benzene rings is 1. The fourth-order valence-electron chi connectivity index (χ4n) is 2.00. The van der Waals surface area contributed by atoms with E-state index < -0.39 is 0 Å². The van der Waals surface area contributed by atoms with Crippen molar-refractivity contribution in [1.29, 1.82) is 0 Å². The predicted molar refractivity (Wildman–Crippen MR) is 82.7 cm³/mol. The summed E-state index contributed by atoms with van der Waals surface area (Å²) >= 11 is 9.46. The van der Waals surface area contributed by atoms with Gasteiger partial charge in [-0.15, -0.1) is 11.6 Å². The van der Waals surface area contributed by atoms with E-state index in [1.165, 1.54) is 0 Å². The highest BCUT2D eigenvalue weighted by Gasteiger charge is 2.09. The fraction of sp³-hybridized carbons (Fsp3) is 0.500. The molecule has 0 bridgehead atoms. The van der Waals surface area contributed by atoms with E-state index in [9.17, 15) is 0 Å². The molecule has 2 aromatic rings. The van der Waals surface area contributed by atoms with Crippen LogP contribution >= 0.6 is 27.5 Å². The molecular weight excluding hydrogens is 328 g/mol. The van der Waals surface area contributed by atoms with E-state index in [1.54, 1.807) is 0 Å². The SMILES string of the molecule is CCCCOCCn1c(CCl)nc2ccc(Br)cc21. The Hall–Kier alpha value is -0.580. The van der Waals surface area contributed by atoms with E-state index in [-0.39, 0.29) is 0 Å². The number of imidazole rings is 1. The number of ether oxygens (including phenoxy) is 1. The van der Waals surface area contributed by atoms with Gasteiger partial charge < -0.3 is 9.30 Å². The van der Waals surface area contributed by atoms with Crippen LogP contribution in [-0.4, -0.2) is 22.8 Å². The van der Waals surface area contributed by atoms with Gasteiger partial charge in [-0.3, -0.25) is 0 Å². The number of aromatic nitrogens is 2. The van der Waals surface area contributed by atoms with Gasteiger partial charge in [0, 0.05) is 17.6 Å². The van der Waals surface area contributed by atoms with Crippen molar-refractivity contribution < 1.29 is 4.74 Å². The molecule has 0 saturated carbocycles. The summed E-state index contributed by atoms with van der Waals surface area (Å²) in [6, 6.07) is 6.07. The molecule has 2 rings (SSSR count). The third-order valence-electron chi connectivity index (χ3n) is 3.01. The summed E-state index contributed by atoms with van der Waals surface area (Å²) in [7, 11) is 0. The van der Waals surface area contributed by atoms with Gasteiger partial charge in [-0.25, -0.2) is 4.98 Å². The molecule has 0 aliphatic heterocycles. The zero-order valence-corrected chi connectivity index (χ0v) is 13.4. The van der Waals surface area contributed by atoms with E-state index in [4.69, 9.17) is 16.3 Å². The van der Waals surface area contributed by atoms with Crippen LogP contribution in [-0.2, 0) is 17.2 Å². The summed E-state index contributed by atoms with van der Waals surface area (Å²) < 4.78 is 8.81. The van der Waals surface area contributed by atoms with Crippen molar-refractivity contribution >= 4 is 38.6 Å². The second kappa shape index (κ2) is 7.27. The Balaban J connectivity index is 2.13. The van der Waals surface area contributed by atoms with Crippen LogP contribution in [0.25, 0.3) is 11.0 Å². The van der Waals surface area contributed by atoms with Crippen LogP contribution in [0.4, 0.5) is 0 Å². The van der Waals surface area contributed by atoms with Gasteiger partial charge in [-0.05, 0) is 24.6 Å². The Bertz CT molecular complexity index is 541. The lowest BCUT2D eigenvalue weighted by molar-refractivity contribution is 0.124. The fourth-order valence-corrected chi connectivity index (χ4v) is 2.55. The Morgan fingerprint density at radius 3 is 2.95 bits per heavy atom. The van der Waals surface area contributed by atoms with Crippen LogP contribution in [0.3, 0.4) is 0 Å². The molecule has 0 aliphatic carbocycles. The number of nitrogens with zero attached hydrogens (tertiary/aromatic N) is 2. The average molecular weight is 346 g/mol. The molecule has 1 heterocycles. The van der Waals surface area contributed by atoms with Crippen LogP contribution < -0.4 is 0 Å². The summed E-state index contributed by atoms with van der Waals surface area (Å²) in [4.78, 5) is 4.54. The van der Waals surface area contributed by atoms with Crippen molar-refractivity contribution in [2.24, 2.45) is 0 Å². The summed E-state index contributed by atoms with van der Waals surface area (Å²) in [5.74, 6) is 1.32. The van der Waals surface area contributed by atoms with Gasteiger partial charge in [0.1, 0.15) is 5.82 Å². The maximum Gasteiger partial charge on any atom is 0.124 e. The standard InChI is InChI=1S/C14H18BrClN2O/c1-2-3-7-19-8-6-18-13-9-11(15)4-5-12(13)17-14(18)10-16/h4-5,9H,2-3,6-8,10H2,1H3. The molecular formula is C14H18BrClN2O. The smallest absolute Gasteiger partial charge is 0.124 e. The van der Waals surface area contributed by atoms with E-state index >= 15 is 0 Å².